The van der Waals surface area contributed by atoms with Gasteiger partial charge in [0.15, 0.2) is 0 Å². The van der Waals surface area contributed by atoms with E-state index in [-0.39, 0.29) is 18.3 Å². The summed E-state index contributed by atoms with van der Waals surface area (Å²) in [5.41, 5.74) is 10.5. The van der Waals surface area contributed by atoms with Crippen molar-refractivity contribution in [1.29, 1.82) is 0 Å². The lowest BCUT2D eigenvalue weighted by atomic mass is 9.78. The summed E-state index contributed by atoms with van der Waals surface area (Å²) in [5, 5.41) is 0. The van der Waals surface area contributed by atoms with Crippen molar-refractivity contribution in [2.24, 2.45) is 0 Å². The Bertz CT molecular complexity index is 572. The third kappa shape index (κ3) is 3.22. The summed E-state index contributed by atoms with van der Waals surface area (Å²) in [7, 11) is -0.360. The van der Waals surface area contributed by atoms with Crippen LogP contribution in [0, 0.1) is 13.8 Å². The molecule has 22 heavy (non-hydrogen) atoms. The van der Waals surface area contributed by atoms with Crippen LogP contribution in [-0.4, -0.2) is 24.1 Å². The van der Waals surface area contributed by atoms with E-state index in [2.05, 4.69) is 58.5 Å². The number of benzene rings is 1. The Hall–Kier alpha value is -0.905. The first-order valence-electron chi connectivity index (χ1n) is 7.61. The standard InChI is InChI=1S/C17H26BNO2S/c1-11-7-13(8-12(2)15(11)19)9-14(10-22)18-20-16(3,4)17(5,6)21-18/h7-9,22H,10,19H2,1-6H3. The van der Waals surface area contributed by atoms with Gasteiger partial charge in [0.25, 0.3) is 0 Å². The summed E-state index contributed by atoms with van der Waals surface area (Å²) >= 11 is 4.45. The first kappa shape index (κ1) is 17.4. The number of aryl methyl sites for hydroxylation is 2. The monoisotopic (exact) mass is 319 g/mol. The smallest absolute Gasteiger partial charge is 0.400 e. The predicted octanol–water partition coefficient (Wildman–Crippen LogP) is 3.83. The number of nitrogens with two attached hydrogens (primary N) is 1. The highest BCUT2D eigenvalue weighted by Gasteiger charge is 2.52. The average molecular weight is 319 g/mol. The Kier molecular flexibility index (Phi) is 4.72. The van der Waals surface area contributed by atoms with Gasteiger partial charge >= 0.3 is 7.12 Å². The summed E-state index contributed by atoms with van der Waals surface area (Å²) < 4.78 is 12.2. The molecule has 120 valence electrons. The summed E-state index contributed by atoms with van der Waals surface area (Å²) in [6.45, 7) is 12.3. The van der Waals surface area contributed by atoms with Crippen LogP contribution in [-0.2, 0) is 9.31 Å². The molecule has 0 aliphatic carbocycles. The Balaban J connectivity index is 2.34. The molecule has 1 saturated heterocycles. The molecule has 0 amide bonds. The van der Waals surface area contributed by atoms with Gasteiger partial charge in [-0.3, -0.25) is 0 Å². The van der Waals surface area contributed by atoms with Crippen molar-refractivity contribution in [2.45, 2.75) is 52.7 Å². The largest absolute Gasteiger partial charge is 0.491 e. The first-order chi connectivity index (χ1) is 10.1. The molecule has 0 spiro atoms. The maximum Gasteiger partial charge on any atom is 0.491 e. The second-order valence-corrected chi connectivity index (χ2v) is 7.35. The second kappa shape index (κ2) is 5.95. The molecule has 1 heterocycles. The van der Waals surface area contributed by atoms with Crippen molar-refractivity contribution in [1.82, 2.24) is 0 Å². The zero-order valence-corrected chi connectivity index (χ0v) is 15.3. The van der Waals surface area contributed by atoms with Gasteiger partial charge in [-0.15, -0.1) is 0 Å². The van der Waals surface area contributed by atoms with E-state index in [4.69, 9.17) is 15.0 Å². The van der Waals surface area contributed by atoms with Gasteiger partial charge in [0.2, 0.25) is 0 Å². The molecule has 3 nitrogen and oxygen atoms in total. The number of nitrogen functional groups attached to an aromatic ring is 1. The fraction of sp³-hybridized carbons (Fsp3) is 0.529. The normalized spacial score (nSPS) is 20.5. The number of hydrogen-bond acceptors (Lipinski definition) is 4. The Morgan fingerprint density at radius 3 is 2.00 bits per heavy atom. The van der Waals surface area contributed by atoms with Crippen molar-refractivity contribution in [2.75, 3.05) is 11.5 Å². The van der Waals surface area contributed by atoms with Gasteiger partial charge in [-0.05, 0) is 63.7 Å². The molecule has 1 aliphatic heterocycles. The number of thiol groups is 1. The summed E-state index contributed by atoms with van der Waals surface area (Å²) in [5.74, 6) is 0.583. The topological polar surface area (TPSA) is 44.5 Å². The molecule has 1 aliphatic rings. The molecule has 0 radical (unpaired) electrons. The van der Waals surface area contributed by atoms with E-state index in [0.29, 0.717) is 5.75 Å². The van der Waals surface area contributed by atoms with Gasteiger partial charge < -0.3 is 15.0 Å². The Morgan fingerprint density at radius 2 is 1.59 bits per heavy atom. The molecule has 0 aromatic heterocycles. The van der Waals surface area contributed by atoms with Crippen LogP contribution in [0.15, 0.2) is 17.6 Å². The molecule has 0 atom stereocenters. The van der Waals surface area contributed by atoms with Crippen LogP contribution < -0.4 is 5.73 Å². The molecule has 0 unspecified atom stereocenters. The average Bonchev–Trinajstić information content (AvgIpc) is 2.61. The zero-order valence-electron chi connectivity index (χ0n) is 14.4. The van der Waals surface area contributed by atoms with Crippen LogP contribution in [0.25, 0.3) is 6.08 Å². The molecule has 2 rings (SSSR count). The summed E-state index contributed by atoms with van der Waals surface area (Å²) in [6.07, 6.45) is 2.09. The van der Waals surface area contributed by atoms with Gasteiger partial charge in [0, 0.05) is 11.4 Å². The lowest BCUT2D eigenvalue weighted by molar-refractivity contribution is 0.00578. The molecule has 1 aromatic rings. The van der Waals surface area contributed by atoms with E-state index in [1.54, 1.807) is 0 Å². The SMILES string of the molecule is Cc1cc(C=C(CS)B2OC(C)(C)C(C)(C)O2)cc(C)c1N. The van der Waals surface area contributed by atoms with Crippen molar-refractivity contribution >= 4 is 31.5 Å². The van der Waals surface area contributed by atoms with E-state index in [1.165, 1.54) is 0 Å². The third-order valence-corrected chi connectivity index (χ3v) is 5.07. The molecular weight excluding hydrogens is 293 g/mol. The van der Waals surface area contributed by atoms with Crippen LogP contribution in [0.1, 0.15) is 44.4 Å². The molecular formula is C17H26BNO2S. The van der Waals surface area contributed by atoms with E-state index in [1.807, 2.05) is 13.8 Å². The van der Waals surface area contributed by atoms with Gasteiger partial charge in [-0.1, -0.05) is 18.2 Å². The van der Waals surface area contributed by atoms with E-state index in [9.17, 15) is 0 Å². The van der Waals surface area contributed by atoms with Crippen LogP contribution >= 0.6 is 12.6 Å². The summed E-state index contributed by atoms with van der Waals surface area (Å²) in [4.78, 5) is 0. The second-order valence-electron chi connectivity index (χ2n) is 7.03. The Morgan fingerprint density at radius 1 is 1.14 bits per heavy atom. The van der Waals surface area contributed by atoms with Gasteiger partial charge in [0.1, 0.15) is 0 Å². The molecule has 0 saturated carbocycles. The van der Waals surface area contributed by atoms with E-state index < -0.39 is 0 Å². The first-order valence-corrected chi connectivity index (χ1v) is 8.24. The summed E-state index contributed by atoms with van der Waals surface area (Å²) in [6, 6.07) is 4.16. The predicted molar refractivity (Wildman–Crippen MR) is 98.2 cm³/mol. The zero-order chi connectivity index (χ0) is 16.7. The van der Waals surface area contributed by atoms with Gasteiger partial charge in [-0.2, -0.15) is 12.6 Å². The van der Waals surface area contributed by atoms with Crippen molar-refractivity contribution in [3.63, 3.8) is 0 Å². The maximum absolute atomic E-state index is 6.11. The quantitative estimate of drug-likeness (QED) is 0.505. The van der Waals surface area contributed by atoms with E-state index >= 15 is 0 Å². The van der Waals surface area contributed by atoms with Crippen LogP contribution in [0.3, 0.4) is 0 Å². The molecule has 2 N–H and O–H groups in total. The molecule has 1 aromatic carbocycles. The Labute approximate surface area is 139 Å². The van der Waals surface area contributed by atoms with Gasteiger partial charge in [0.05, 0.1) is 11.2 Å². The minimum absolute atomic E-state index is 0.341. The number of hydrogen-bond donors (Lipinski definition) is 2. The van der Waals surface area contributed by atoms with Crippen molar-refractivity contribution in [3.05, 3.63) is 34.3 Å². The highest BCUT2D eigenvalue weighted by Crippen LogP contribution is 2.39. The third-order valence-electron chi connectivity index (χ3n) is 4.71. The highest BCUT2D eigenvalue weighted by molar-refractivity contribution is 7.80. The van der Waals surface area contributed by atoms with Crippen molar-refractivity contribution in [3.8, 4) is 0 Å². The lowest BCUT2D eigenvalue weighted by Gasteiger charge is -2.32. The fourth-order valence-electron chi connectivity index (χ4n) is 2.49. The fourth-order valence-corrected chi connectivity index (χ4v) is 2.73. The minimum Gasteiger partial charge on any atom is -0.400 e. The molecule has 5 heteroatoms. The van der Waals surface area contributed by atoms with Gasteiger partial charge in [-0.25, -0.2) is 0 Å². The van der Waals surface area contributed by atoms with Crippen LogP contribution in [0.5, 0.6) is 0 Å². The number of anilines is 1. The number of rotatable bonds is 3. The molecule has 0 bridgehead atoms. The maximum atomic E-state index is 6.11. The van der Waals surface area contributed by atoms with Crippen LogP contribution in [0.2, 0.25) is 0 Å². The van der Waals surface area contributed by atoms with Crippen LogP contribution in [0.4, 0.5) is 5.69 Å². The highest BCUT2D eigenvalue weighted by atomic mass is 32.1. The van der Waals surface area contributed by atoms with Crippen molar-refractivity contribution < 1.29 is 9.31 Å². The molecule has 1 fully saturated rings. The lowest BCUT2D eigenvalue weighted by Crippen LogP contribution is -2.41. The minimum atomic E-state index is -0.360. The van der Waals surface area contributed by atoms with E-state index in [0.717, 1.165) is 27.9 Å².